The summed E-state index contributed by atoms with van der Waals surface area (Å²) in [6.07, 6.45) is 8.14. The second-order valence-electron chi connectivity index (χ2n) is 4.10. The molecule has 17 heavy (non-hydrogen) atoms. The summed E-state index contributed by atoms with van der Waals surface area (Å²) in [5.74, 6) is 0. The number of hydrogen-bond donors (Lipinski definition) is 0. The molecule has 0 aliphatic rings. The maximum absolute atomic E-state index is 5.68. The molecule has 92 valence electrons. The molecule has 1 nitrogen and oxygen atoms in total. The van der Waals surface area contributed by atoms with Crippen LogP contribution in [-0.2, 0) is 11.2 Å². The van der Waals surface area contributed by atoms with Gasteiger partial charge in [-0.15, -0.1) is 13.2 Å². The van der Waals surface area contributed by atoms with E-state index in [0.29, 0.717) is 0 Å². The molecule has 1 heteroatoms. The molecule has 0 saturated heterocycles. The fraction of sp³-hybridized carbons (Fsp3) is 0.375. The number of ether oxygens (including phenoxy) is 1. The molecule has 1 rings (SSSR count). The Morgan fingerprint density at radius 3 is 2.59 bits per heavy atom. The molecule has 1 aromatic rings. The minimum absolute atomic E-state index is 0.179. The summed E-state index contributed by atoms with van der Waals surface area (Å²) in [6.45, 7) is 8.24. The Bertz CT molecular complexity index is 316. The van der Waals surface area contributed by atoms with Crippen molar-refractivity contribution in [3.05, 3.63) is 61.2 Å². The monoisotopic (exact) mass is 230 g/mol. The highest BCUT2D eigenvalue weighted by Crippen LogP contribution is 2.09. The van der Waals surface area contributed by atoms with Crippen LogP contribution in [0.4, 0.5) is 0 Å². The normalized spacial score (nSPS) is 12.0. The number of benzene rings is 1. The number of aryl methyl sites for hydroxylation is 1. The van der Waals surface area contributed by atoms with E-state index in [4.69, 9.17) is 4.74 Å². The van der Waals surface area contributed by atoms with Gasteiger partial charge in [0.05, 0.1) is 12.7 Å². The molecule has 0 bridgehead atoms. The Morgan fingerprint density at radius 1 is 1.18 bits per heavy atom. The van der Waals surface area contributed by atoms with Gasteiger partial charge in [-0.3, -0.25) is 0 Å². The first-order chi connectivity index (χ1) is 8.36. The van der Waals surface area contributed by atoms with Gasteiger partial charge in [-0.2, -0.15) is 0 Å². The lowest BCUT2D eigenvalue weighted by atomic mass is 10.1. The minimum atomic E-state index is 0.179. The van der Waals surface area contributed by atoms with Crippen molar-refractivity contribution in [3.8, 4) is 0 Å². The first-order valence-electron chi connectivity index (χ1n) is 6.25. The SMILES string of the molecule is C=CCCO[C@@H](C=C)CCCc1ccccc1. The molecule has 1 atom stereocenters. The lowest BCUT2D eigenvalue weighted by molar-refractivity contribution is 0.0820. The van der Waals surface area contributed by atoms with Gasteiger partial charge in [-0.05, 0) is 31.2 Å². The summed E-state index contributed by atoms with van der Waals surface area (Å²) >= 11 is 0. The van der Waals surface area contributed by atoms with Gasteiger partial charge >= 0.3 is 0 Å². The van der Waals surface area contributed by atoms with Gasteiger partial charge in [0.1, 0.15) is 0 Å². The van der Waals surface area contributed by atoms with Gasteiger partial charge in [-0.1, -0.05) is 42.5 Å². The first kappa shape index (κ1) is 13.7. The standard InChI is InChI=1S/C16H22O/c1-3-5-14-17-16(4-2)13-9-12-15-10-7-6-8-11-15/h3-4,6-8,10-11,16H,1-2,5,9,12-14H2/t16-/m0/s1. The lowest BCUT2D eigenvalue weighted by Crippen LogP contribution is -2.10. The van der Waals surface area contributed by atoms with Crippen molar-refractivity contribution < 1.29 is 4.74 Å². The maximum Gasteiger partial charge on any atom is 0.0753 e. The van der Waals surface area contributed by atoms with E-state index in [1.165, 1.54) is 5.56 Å². The van der Waals surface area contributed by atoms with Crippen LogP contribution < -0.4 is 0 Å². The largest absolute Gasteiger partial charge is 0.374 e. The maximum atomic E-state index is 5.68. The third-order valence-electron chi connectivity index (χ3n) is 2.71. The van der Waals surface area contributed by atoms with Gasteiger partial charge in [-0.25, -0.2) is 0 Å². The van der Waals surface area contributed by atoms with E-state index in [1.54, 1.807) is 0 Å². The molecular formula is C16H22O. The van der Waals surface area contributed by atoms with Crippen LogP contribution in [0.15, 0.2) is 55.6 Å². The fourth-order valence-corrected chi connectivity index (χ4v) is 1.72. The van der Waals surface area contributed by atoms with Crippen LogP contribution >= 0.6 is 0 Å². The highest BCUT2D eigenvalue weighted by atomic mass is 16.5. The zero-order chi connectivity index (χ0) is 12.3. The highest BCUT2D eigenvalue weighted by molar-refractivity contribution is 5.14. The summed E-state index contributed by atoms with van der Waals surface area (Å²) in [7, 11) is 0. The van der Waals surface area contributed by atoms with Crippen molar-refractivity contribution in [2.45, 2.75) is 31.8 Å². The topological polar surface area (TPSA) is 9.23 Å². The zero-order valence-corrected chi connectivity index (χ0v) is 10.5. The molecule has 0 spiro atoms. The molecular weight excluding hydrogens is 208 g/mol. The van der Waals surface area contributed by atoms with Gasteiger partial charge in [0.15, 0.2) is 0 Å². The molecule has 0 amide bonds. The Labute approximate surface area is 105 Å². The average Bonchev–Trinajstić information content (AvgIpc) is 2.38. The van der Waals surface area contributed by atoms with Gasteiger partial charge < -0.3 is 4.74 Å². The minimum Gasteiger partial charge on any atom is -0.374 e. The van der Waals surface area contributed by atoms with Crippen molar-refractivity contribution in [1.29, 1.82) is 0 Å². The quantitative estimate of drug-likeness (QED) is 0.457. The predicted molar refractivity (Wildman–Crippen MR) is 74.1 cm³/mol. The Hall–Kier alpha value is -1.34. The van der Waals surface area contributed by atoms with Crippen LogP contribution in [0.3, 0.4) is 0 Å². The molecule has 0 N–H and O–H groups in total. The van der Waals surface area contributed by atoms with Gasteiger partial charge in [0.2, 0.25) is 0 Å². The van der Waals surface area contributed by atoms with Crippen molar-refractivity contribution >= 4 is 0 Å². The lowest BCUT2D eigenvalue weighted by Gasteiger charge is -2.13. The van der Waals surface area contributed by atoms with E-state index in [1.807, 2.05) is 12.2 Å². The third-order valence-corrected chi connectivity index (χ3v) is 2.71. The Kier molecular flexibility index (Phi) is 7.08. The summed E-state index contributed by atoms with van der Waals surface area (Å²) in [5, 5.41) is 0. The average molecular weight is 230 g/mol. The van der Waals surface area contributed by atoms with Crippen LogP contribution in [0, 0.1) is 0 Å². The fourth-order valence-electron chi connectivity index (χ4n) is 1.72. The Balaban J connectivity index is 2.19. The molecule has 0 aromatic heterocycles. The van der Waals surface area contributed by atoms with Crippen molar-refractivity contribution in [2.24, 2.45) is 0 Å². The summed E-state index contributed by atoms with van der Waals surface area (Å²) in [6, 6.07) is 10.6. The molecule has 1 aromatic carbocycles. The van der Waals surface area contributed by atoms with E-state index in [9.17, 15) is 0 Å². The molecule has 0 radical (unpaired) electrons. The molecule has 0 fully saturated rings. The molecule has 0 aliphatic carbocycles. The van der Waals surface area contributed by atoms with Crippen molar-refractivity contribution in [3.63, 3.8) is 0 Å². The van der Waals surface area contributed by atoms with E-state index in [-0.39, 0.29) is 6.10 Å². The summed E-state index contributed by atoms with van der Waals surface area (Å²) in [4.78, 5) is 0. The van der Waals surface area contributed by atoms with Crippen molar-refractivity contribution in [2.75, 3.05) is 6.61 Å². The van der Waals surface area contributed by atoms with Crippen molar-refractivity contribution in [1.82, 2.24) is 0 Å². The molecule has 0 saturated carbocycles. The van der Waals surface area contributed by atoms with Crippen LogP contribution in [0.25, 0.3) is 0 Å². The Morgan fingerprint density at radius 2 is 1.94 bits per heavy atom. The van der Waals surface area contributed by atoms with E-state index in [0.717, 1.165) is 32.3 Å². The van der Waals surface area contributed by atoms with Crippen LogP contribution in [-0.4, -0.2) is 12.7 Å². The highest BCUT2D eigenvalue weighted by Gasteiger charge is 2.03. The first-order valence-corrected chi connectivity index (χ1v) is 6.25. The summed E-state index contributed by atoms with van der Waals surface area (Å²) in [5.41, 5.74) is 1.39. The van der Waals surface area contributed by atoms with Crippen LogP contribution in [0.1, 0.15) is 24.8 Å². The van der Waals surface area contributed by atoms with E-state index < -0.39 is 0 Å². The molecule has 0 unspecified atom stereocenters. The smallest absolute Gasteiger partial charge is 0.0753 e. The van der Waals surface area contributed by atoms with Gasteiger partial charge in [0, 0.05) is 0 Å². The van der Waals surface area contributed by atoms with E-state index in [2.05, 4.69) is 43.5 Å². The number of hydrogen-bond acceptors (Lipinski definition) is 1. The molecule has 0 heterocycles. The van der Waals surface area contributed by atoms with Crippen LogP contribution in [0.2, 0.25) is 0 Å². The second kappa shape index (κ2) is 8.77. The molecule has 0 aliphatic heterocycles. The second-order valence-corrected chi connectivity index (χ2v) is 4.10. The zero-order valence-electron chi connectivity index (χ0n) is 10.5. The number of rotatable bonds is 9. The third kappa shape index (κ3) is 6.08. The van der Waals surface area contributed by atoms with Crippen LogP contribution in [0.5, 0.6) is 0 Å². The summed E-state index contributed by atoms with van der Waals surface area (Å²) < 4.78 is 5.68. The van der Waals surface area contributed by atoms with E-state index >= 15 is 0 Å². The predicted octanol–water partition coefficient (Wildman–Crippen LogP) is 4.16. The van der Waals surface area contributed by atoms with Gasteiger partial charge in [0.25, 0.3) is 0 Å².